The number of likely N-dealkylation sites (tertiary alicyclic amines) is 1. The predicted octanol–water partition coefficient (Wildman–Crippen LogP) is 0.616. The molecule has 2 N–H and O–H groups in total. The van der Waals surface area contributed by atoms with Crippen LogP contribution in [-0.2, 0) is 16.1 Å². The van der Waals surface area contributed by atoms with Crippen molar-refractivity contribution in [1.29, 1.82) is 0 Å². The Labute approximate surface area is 207 Å². The predicted molar refractivity (Wildman–Crippen MR) is 132 cm³/mol. The van der Waals surface area contributed by atoms with Crippen LogP contribution in [-0.4, -0.2) is 113 Å². The van der Waals surface area contributed by atoms with Crippen LogP contribution in [0.3, 0.4) is 0 Å². The Hall–Kier alpha value is -2.56. The molecular formula is C25H39N5O5. The maximum Gasteiger partial charge on any atom is 0.317 e. The topological polar surface area (TPSA) is 95.6 Å². The Morgan fingerprint density at radius 1 is 1.11 bits per heavy atom. The Morgan fingerprint density at radius 2 is 1.91 bits per heavy atom. The second-order valence-electron chi connectivity index (χ2n) is 9.61. The number of amides is 3. The van der Waals surface area contributed by atoms with E-state index in [4.69, 9.17) is 14.2 Å². The molecule has 35 heavy (non-hydrogen) atoms. The number of urea groups is 1. The summed E-state index contributed by atoms with van der Waals surface area (Å²) in [5.74, 6) is 1.83. The molecule has 1 aromatic rings. The third-order valence-corrected chi connectivity index (χ3v) is 7.08. The number of nitrogens with zero attached hydrogens (tertiary/aromatic N) is 3. The van der Waals surface area contributed by atoms with Crippen molar-refractivity contribution in [3.05, 3.63) is 23.8 Å². The molecule has 2 atom stereocenters. The molecule has 3 aliphatic heterocycles. The molecule has 10 nitrogen and oxygen atoms in total. The molecule has 1 aromatic carbocycles. The second kappa shape index (κ2) is 12.4. The molecular weight excluding hydrogens is 450 g/mol. The summed E-state index contributed by atoms with van der Waals surface area (Å²) in [5, 5.41) is 5.88. The first-order valence-electron chi connectivity index (χ1n) is 12.6. The summed E-state index contributed by atoms with van der Waals surface area (Å²) in [6, 6.07) is 5.95. The number of piperidine rings is 1. The third kappa shape index (κ3) is 6.99. The lowest BCUT2D eigenvalue weighted by Crippen LogP contribution is -2.50. The zero-order chi connectivity index (χ0) is 24.6. The van der Waals surface area contributed by atoms with E-state index in [9.17, 15) is 9.59 Å². The highest BCUT2D eigenvalue weighted by atomic mass is 16.5. The lowest BCUT2D eigenvalue weighted by Gasteiger charge is -2.40. The van der Waals surface area contributed by atoms with E-state index in [1.165, 1.54) is 0 Å². The highest BCUT2D eigenvalue weighted by molar-refractivity contribution is 5.79. The summed E-state index contributed by atoms with van der Waals surface area (Å²) in [5.41, 5.74) is 1.13. The Balaban J connectivity index is 1.38. The molecule has 0 bridgehead atoms. The molecule has 194 valence electrons. The van der Waals surface area contributed by atoms with Gasteiger partial charge in [0, 0.05) is 65.4 Å². The molecule has 0 unspecified atom stereocenters. The van der Waals surface area contributed by atoms with E-state index in [1.54, 1.807) is 19.1 Å². The van der Waals surface area contributed by atoms with Gasteiger partial charge in [0.25, 0.3) is 0 Å². The molecule has 10 heteroatoms. The number of hydrogen-bond donors (Lipinski definition) is 2. The van der Waals surface area contributed by atoms with E-state index in [2.05, 4.69) is 26.5 Å². The number of carbonyl (C=O) groups is 2. The van der Waals surface area contributed by atoms with Gasteiger partial charge in [-0.25, -0.2) is 4.79 Å². The van der Waals surface area contributed by atoms with Crippen LogP contribution in [0.2, 0.25) is 0 Å². The SMILES string of the molecule is COc1ccc(CN2C[C@@H](CN3CCOCC3)C[C@@H](C(=O)NCCN3CCNC3=O)C2)cc1OC. The van der Waals surface area contributed by atoms with Gasteiger partial charge in [-0.15, -0.1) is 0 Å². The Morgan fingerprint density at radius 3 is 2.63 bits per heavy atom. The number of ether oxygens (including phenoxy) is 3. The van der Waals surface area contributed by atoms with Crippen molar-refractivity contribution in [2.75, 3.05) is 86.3 Å². The van der Waals surface area contributed by atoms with Crippen molar-refractivity contribution in [2.45, 2.75) is 13.0 Å². The lowest BCUT2D eigenvalue weighted by atomic mass is 9.87. The summed E-state index contributed by atoms with van der Waals surface area (Å²) in [6.07, 6.45) is 0.871. The van der Waals surface area contributed by atoms with Crippen molar-refractivity contribution in [3.8, 4) is 11.5 Å². The number of benzene rings is 1. The van der Waals surface area contributed by atoms with Crippen LogP contribution in [0.25, 0.3) is 0 Å². The zero-order valence-electron chi connectivity index (χ0n) is 21.0. The Bertz CT molecular complexity index is 863. The van der Waals surface area contributed by atoms with E-state index in [0.29, 0.717) is 50.1 Å². The van der Waals surface area contributed by atoms with Gasteiger partial charge in [0.2, 0.25) is 5.91 Å². The average Bonchev–Trinajstić information content (AvgIpc) is 3.28. The minimum atomic E-state index is -0.0812. The molecule has 3 aliphatic rings. The van der Waals surface area contributed by atoms with Crippen LogP contribution >= 0.6 is 0 Å². The minimum Gasteiger partial charge on any atom is -0.493 e. The second-order valence-corrected chi connectivity index (χ2v) is 9.61. The van der Waals surface area contributed by atoms with Gasteiger partial charge in [0.1, 0.15) is 0 Å². The first-order valence-corrected chi connectivity index (χ1v) is 12.6. The third-order valence-electron chi connectivity index (χ3n) is 7.08. The molecule has 0 spiro atoms. The molecule has 0 aliphatic carbocycles. The first kappa shape index (κ1) is 25.5. The quantitative estimate of drug-likeness (QED) is 0.497. The van der Waals surface area contributed by atoms with Crippen molar-refractivity contribution in [1.82, 2.24) is 25.3 Å². The van der Waals surface area contributed by atoms with E-state index < -0.39 is 0 Å². The number of carbonyl (C=O) groups excluding carboxylic acids is 2. The molecule has 3 fully saturated rings. The van der Waals surface area contributed by atoms with Crippen LogP contribution in [0.5, 0.6) is 11.5 Å². The molecule has 0 radical (unpaired) electrons. The fourth-order valence-corrected chi connectivity index (χ4v) is 5.32. The summed E-state index contributed by atoms with van der Waals surface area (Å²) < 4.78 is 16.4. The number of nitrogens with one attached hydrogen (secondary N) is 2. The van der Waals surface area contributed by atoms with Gasteiger partial charge in [-0.1, -0.05) is 6.07 Å². The fourth-order valence-electron chi connectivity index (χ4n) is 5.32. The van der Waals surface area contributed by atoms with E-state index in [1.807, 2.05) is 12.1 Å². The van der Waals surface area contributed by atoms with Crippen molar-refractivity contribution >= 4 is 11.9 Å². The van der Waals surface area contributed by atoms with Gasteiger partial charge in [-0.05, 0) is 30.0 Å². The number of rotatable bonds is 10. The van der Waals surface area contributed by atoms with Crippen LogP contribution < -0.4 is 20.1 Å². The van der Waals surface area contributed by atoms with Gasteiger partial charge in [-0.2, -0.15) is 0 Å². The van der Waals surface area contributed by atoms with Crippen molar-refractivity contribution < 1.29 is 23.8 Å². The lowest BCUT2D eigenvalue weighted by molar-refractivity contribution is -0.127. The molecule has 4 rings (SSSR count). The van der Waals surface area contributed by atoms with Crippen LogP contribution in [0.15, 0.2) is 18.2 Å². The number of methoxy groups -OCH3 is 2. The van der Waals surface area contributed by atoms with Gasteiger partial charge in [0.15, 0.2) is 11.5 Å². The van der Waals surface area contributed by atoms with Crippen LogP contribution in [0, 0.1) is 11.8 Å². The van der Waals surface area contributed by atoms with Gasteiger partial charge in [-0.3, -0.25) is 14.6 Å². The normalized spacial score (nSPS) is 23.7. The standard InChI is InChI=1S/C25H39N5O5/c1-33-22-4-3-19(14-23(22)34-2)15-29-17-20(16-28-9-11-35-12-10-28)13-21(18-29)24(31)26-5-7-30-8-6-27-25(30)32/h3-4,14,20-21H,5-13,15-18H2,1-2H3,(H,26,31)(H,27,32)/t20-,21-/m1/s1. The van der Waals surface area contributed by atoms with Crippen molar-refractivity contribution in [3.63, 3.8) is 0 Å². The molecule has 3 heterocycles. The minimum absolute atomic E-state index is 0.0522. The molecule has 0 saturated carbocycles. The highest BCUT2D eigenvalue weighted by Gasteiger charge is 2.33. The summed E-state index contributed by atoms with van der Waals surface area (Å²) >= 11 is 0. The zero-order valence-corrected chi connectivity index (χ0v) is 21.0. The van der Waals surface area contributed by atoms with Gasteiger partial charge in [0.05, 0.1) is 33.4 Å². The van der Waals surface area contributed by atoms with Crippen LogP contribution in [0.1, 0.15) is 12.0 Å². The number of hydrogen-bond acceptors (Lipinski definition) is 7. The smallest absolute Gasteiger partial charge is 0.317 e. The summed E-state index contributed by atoms with van der Waals surface area (Å²) in [4.78, 5) is 31.5. The maximum absolute atomic E-state index is 13.1. The van der Waals surface area contributed by atoms with Crippen molar-refractivity contribution in [2.24, 2.45) is 11.8 Å². The molecule has 0 aromatic heterocycles. The fraction of sp³-hybridized carbons (Fsp3) is 0.680. The first-order chi connectivity index (χ1) is 17.1. The van der Waals surface area contributed by atoms with E-state index in [-0.39, 0.29) is 17.9 Å². The van der Waals surface area contributed by atoms with E-state index in [0.717, 1.165) is 57.9 Å². The largest absolute Gasteiger partial charge is 0.493 e. The average molecular weight is 490 g/mol. The Kier molecular flexibility index (Phi) is 9.06. The summed E-state index contributed by atoms with van der Waals surface area (Å²) in [7, 11) is 3.28. The molecule has 3 saturated heterocycles. The number of morpholine rings is 1. The highest BCUT2D eigenvalue weighted by Crippen LogP contribution is 2.30. The van der Waals surface area contributed by atoms with E-state index >= 15 is 0 Å². The molecule has 3 amide bonds. The van der Waals surface area contributed by atoms with Crippen LogP contribution in [0.4, 0.5) is 4.79 Å². The monoisotopic (exact) mass is 489 g/mol. The van der Waals surface area contributed by atoms with Gasteiger partial charge >= 0.3 is 6.03 Å². The maximum atomic E-state index is 13.1. The summed E-state index contributed by atoms with van der Waals surface area (Å²) in [6.45, 7) is 9.20. The van der Waals surface area contributed by atoms with Gasteiger partial charge < -0.3 is 29.7 Å².